The van der Waals surface area contributed by atoms with Crippen LogP contribution in [0.4, 0.5) is 5.69 Å². The van der Waals surface area contributed by atoms with Crippen LogP contribution in [0.15, 0.2) is 72.9 Å². The molecule has 0 fully saturated rings. The summed E-state index contributed by atoms with van der Waals surface area (Å²) in [5.41, 5.74) is 0.937. The number of hydrogen-bond donors (Lipinski definition) is 1. The van der Waals surface area contributed by atoms with Crippen molar-refractivity contribution in [3.05, 3.63) is 83.6 Å². The van der Waals surface area contributed by atoms with Gasteiger partial charge in [0, 0.05) is 18.0 Å². The molecule has 1 N–H and O–H groups in total. The van der Waals surface area contributed by atoms with Gasteiger partial charge < -0.3 is 10.1 Å². The first-order chi connectivity index (χ1) is 11.2. The molecule has 0 aliphatic rings. The average molecular weight is 325 g/mol. The van der Waals surface area contributed by atoms with Crippen LogP contribution < -0.4 is 10.1 Å². The highest BCUT2D eigenvalue weighted by Crippen LogP contribution is 2.24. The minimum absolute atomic E-state index is 0.168. The first-order valence-electron chi connectivity index (χ1n) is 6.97. The Morgan fingerprint density at radius 2 is 1.74 bits per heavy atom. The second-order valence-electron chi connectivity index (χ2n) is 4.74. The molecule has 1 aromatic heterocycles. The number of nitrogens with zero attached hydrogens (tertiary/aromatic N) is 1. The van der Waals surface area contributed by atoms with Crippen molar-refractivity contribution >= 4 is 23.2 Å². The van der Waals surface area contributed by atoms with Crippen molar-refractivity contribution in [2.45, 2.75) is 0 Å². The fourth-order valence-electron chi connectivity index (χ4n) is 2.02. The topological polar surface area (TPSA) is 51.2 Å². The van der Waals surface area contributed by atoms with Gasteiger partial charge in [0.2, 0.25) is 0 Å². The van der Waals surface area contributed by atoms with Gasteiger partial charge >= 0.3 is 0 Å². The number of hydrogen-bond acceptors (Lipinski definition) is 3. The van der Waals surface area contributed by atoms with E-state index in [2.05, 4.69) is 10.3 Å². The van der Waals surface area contributed by atoms with Gasteiger partial charge in [0.05, 0.1) is 5.56 Å². The molecule has 2 aromatic carbocycles. The van der Waals surface area contributed by atoms with Crippen LogP contribution in [-0.4, -0.2) is 10.9 Å². The van der Waals surface area contributed by atoms with Crippen molar-refractivity contribution in [1.82, 2.24) is 4.98 Å². The molecule has 4 nitrogen and oxygen atoms in total. The standard InChI is InChI=1S/C18H13ClN2O2/c19-17-16(10-5-11-20-17)18(22)21-13-6-4-9-15(12-13)23-14-7-2-1-3-8-14/h1-12H,(H,21,22). The van der Waals surface area contributed by atoms with E-state index in [0.717, 1.165) is 5.75 Å². The lowest BCUT2D eigenvalue weighted by atomic mass is 10.2. The number of rotatable bonds is 4. The highest BCUT2D eigenvalue weighted by atomic mass is 35.5. The van der Waals surface area contributed by atoms with Gasteiger partial charge in [0.15, 0.2) is 0 Å². The number of ether oxygens (including phenoxy) is 1. The van der Waals surface area contributed by atoms with Crippen molar-refractivity contribution in [3.63, 3.8) is 0 Å². The summed E-state index contributed by atoms with van der Waals surface area (Å²) in [7, 11) is 0. The summed E-state index contributed by atoms with van der Waals surface area (Å²) in [5, 5.41) is 2.95. The largest absolute Gasteiger partial charge is 0.457 e. The summed E-state index contributed by atoms with van der Waals surface area (Å²) in [5.74, 6) is 1.04. The lowest BCUT2D eigenvalue weighted by molar-refractivity contribution is 0.102. The molecule has 0 unspecified atom stereocenters. The van der Waals surface area contributed by atoms with Crippen LogP contribution in [0.5, 0.6) is 11.5 Å². The van der Waals surface area contributed by atoms with E-state index >= 15 is 0 Å². The molecule has 3 aromatic rings. The Morgan fingerprint density at radius 1 is 0.957 bits per heavy atom. The van der Waals surface area contributed by atoms with E-state index in [1.165, 1.54) is 6.20 Å². The van der Waals surface area contributed by atoms with Gasteiger partial charge in [-0.2, -0.15) is 0 Å². The van der Waals surface area contributed by atoms with Crippen molar-refractivity contribution < 1.29 is 9.53 Å². The van der Waals surface area contributed by atoms with E-state index in [9.17, 15) is 4.79 Å². The van der Waals surface area contributed by atoms with E-state index in [1.807, 2.05) is 36.4 Å². The highest BCUT2D eigenvalue weighted by Gasteiger charge is 2.11. The predicted octanol–water partition coefficient (Wildman–Crippen LogP) is 4.78. The Hall–Kier alpha value is -2.85. The van der Waals surface area contributed by atoms with Crippen molar-refractivity contribution in [1.29, 1.82) is 0 Å². The lowest BCUT2D eigenvalue weighted by Gasteiger charge is -2.09. The van der Waals surface area contributed by atoms with E-state index in [4.69, 9.17) is 16.3 Å². The van der Waals surface area contributed by atoms with Gasteiger partial charge in [-0.05, 0) is 36.4 Å². The maximum atomic E-state index is 12.2. The molecule has 0 saturated heterocycles. The normalized spacial score (nSPS) is 10.1. The number of benzene rings is 2. The number of anilines is 1. The lowest BCUT2D eigenvalue weighted by Crippen LogP contribution is -2.12. The fraction of sp³-hybridized carbons (Fsp3) is 0. The van der Waals surface area contributed by atoms with E-state index in [0.29, 0.717) is 17.0 Å². The number of pyridine rings is 1. The molecule has 5 heteroatoms. The number of amides is 1. The van der Waals surface area contributed by atoms with Crippen molar-refractivity contribution in [2.75, 3.05) is 5.32 Å². The van der Waals surface area contributed by atoms with Crippen LogP contribution >= 0.6 is 11.6 Å². The molecular weight excluding hydrogens is 312 g/mol. The number of nitrogens with one attached hydrogen (secondary N) is 1. The summed E-state index contributed by atoms with van der Waals surface area (Å²) in [6.07, 6.45) is 1.54. The minimum atomic E-state index is -0.319. The molecule has 0 spiro atoms. The first-order valence-corrected chi connectivity index (χ1v) is 7.35. The van der Waals surface area contributed by atoms with Gasteiger partial charge in [-0.15, -0.1) is 0 Å². The summed E-state index contributed by atoms with van der Waals surface area (Å²) in [4.78, 5) is 16.1. The molecule has 1 amide bonds. The Labute approximate surface area is 138 Å². The van der Waals surface area contributed by atoms with Gasteiger partial charge in [-0.25, -0.2) is 4.98 Å². The maximum absolute atomic E-state index is 12.2. The molecule has 0 aliphatic carbocycles. The van der Waals surface area contributed by atoms with E-state index in [1.54, 1.807) is 30.3 Å². The van der Waals surface area contributed by atoms with E-state index < -0.39 is 0 Å². The summed E-state index contributed by atoms with van der Waals surface area (Å²) < 4.78 is 5.74. The SMILES string of the molecule is O=C(Nc1cccc(Oc2ccccc2)c1)c1cccnc1Cl. The molecular formula is C18H13ClN2O2. The highest BCUT2D eigenvalue weighted by molar-refractivity contribution is 6.33. The zero-order chi connectivity index (χ0) is 16.1. The van der Waals surface area contributed by atoms with Crippen LogP contribution in [0.25, 0.3) is 0 Å². The summed E-state index contributed by atoms with van der Waals surface area (Å²) >= 11 is 5.93. The Kier molecular flexibility index (Phi) is 4.54. The van der Waals surface area contributed by atoms with Crippen LogP contribution in [0.3, 0.4) is 0 Å². The Balaban J connectivity index is 1.75. The molecule has 0 bridgehead atoms. The Bertz CT molecular complexity index is 822. The molecule has 0 aliphatic heterocycles. The number of carbonyl (C=O) groups excluding carboxylic acids is 1. The van der Waals surface area contributed by atoms with Crippen molar-refractivity contribution in [3.8, 4) is 11.5 Å². The third-order valence-electron chi connectivity index (χ3n) is 3.07. The molecule has 23 heavy (non-hydrogen) atoms. The fourth-order valence-corrected chi connectivity index (χ4v) is 2.22. The van der Waals surface area contributed by atoms with Gasteiger partial charge in [-0.3, -0.25) is 4.79 Å². The van der Waals surface area contributed by atoms with Gasteiger partial charge in [-0.1, -0.05) is 35.9 Å². The quantitative estimate of drug-likeness (QED) is 0.703. The second kappa shape index (κ2) is 6.94. The maximum Gasteiger partial charge on any atom is 0.258 e. The molecule has 1 heterocycles. The molecule has 114 valence electrons. The molecule has 3 rings (SSSR count). The number of aromatic nitrogens is 1. The average Bonchev–Trinajstić information content (AvgIpc) is 2.56. The van der Waals surface area contributed by atoms with Crippen LogP contribution in [-0.2, 0) is 0 Å². The minimum Gasteiger partial charge on any atom is -0.457 e. The van der Waals surface area contributed by atoms with Crippen molar-refractivity contribution in [2.24, 2.45) is 0 Å². The van der Waals surface area contributed by atoms with Gasteiger partial charge in [0.1, 0.15) is 16.7 Å². The second-order valence-corrected chi connectivity index (χ2v) is 5.10. The number of para-hydroxylation sites is 1. The van der Waals surface area contributed by atoms with Crippen LogP contribution in [0.1, 0.15) is 10.4 Å². The third kappa shape index (κ3) is 3.87. The Morgan fingerprint density at radius 3 is 2.52 bits per heavy atom. The molecule has 0 radical (unpaired) electrons. The molecule has 0 atom stereocenters. The van der Waals surface area contributed by atoms with Crippen LogP contribution in [0, 0.1) is 0 Å². The van der Waals surface area contributed by atoms with E-state index in [-0.39, 0.29) is 11.1 Å². The summed E-state index contributed by atoms with van der Waals surface area (Å²) in [6.45, 7) is 0. The zero-order valence-electron chi connectivity index (χ0n) is 12.1. The van der Waals surface area contributed by atoms with Crippen LogP contribution in [0.2, 0.25) is 5.15 Å². The molecule has 0 saturated carbocycles. The smallest absolute Gasteiger partial charge is 0.258 e. The van der Waals surface area contributed by atoms with Gasteiger partial charge in [0.25, 0.3) is 5.91 Å². The predicted molar refractivity (Wildman–Crippen MR) is 90.2 cm³/mol. The number of halogens is 1. The zero-order valence-corrected chi connectivity index (χ0v) is 12.8. The number of carbonyl (C=O) groups is 1. The third-order valence-corrected chi connectivity index (χ3v) is 3.38. The first kappa shape index (κ1) is 15.1. The summed E-state index contributed by atoms with van der Waals surface area (Å²) in [6, 6.07) is 19.9. The monoisotopic (exact) mass is 324 g/mol.